The van der Waals surface area contributed by atoms with Crippen molar-refractivity contribution in [2.75, 3.05) is 12.4 Å². The first-order valence-corrected chi connectivity index (χ1v) is 6.63. The van der Waals surface area contributed by atoms with Gasteiger partial charge in [-0.3, -0.25) is 4.79 Å². The van der Waals surface area contributed by atoms with Crippen LogP contribution in [0.5, 0.6) is 5.75 Å². The first kappa shape index (κ1) is 15.3. The van der Waals surface area contributed by atoms with Crippen LogP contribution in [0.2, 0.25) is 0 Å². The van der Waals surface area contributed by atoms with E-state index in [4.69, 9.17) is 9.84 Å². The Bertz CT molecular complexity index is 420. The molecule has 0 fully saturated rings. The molecular formula is C15H23NO3. The Balaban J connectivity index is 2.82. The third-order valence-electron chi connectivity index (χ3n) is 3.14. The molecule has 0 saturated heterocycles. The normalized spacial score (nSPS) is 13.6. The second-order valence-corrected chi connectivity index (χ2v) is 5.09. The third kappa shape index (κ3) is 5.20. The van der Waals surface area contributed by atoms with Crippen LogP contribution in [0.15, 0.2) is 24.3 Å². The smallest absolute Gasteiger partial charge is 0.305 e. The molecule has 0 bridgehead atoms. The fourth-order valence-corrected chi connectivity index (χ4v) is 2.15. The fourth-order valence-electron chi connectivity index (χ4n) is 2.15. The van der Waals surface area contributed by atoms with Gasteiger partial charge in [-0.2, -0.15) is 0 Å². The maximum absolute atomic E-state index is 11.0. The predicted octanol–water partition coefficient (Wildman–Crippen LogP) is 3.53. The average molecular weight is 265 g/mol. The van der Waals surface area contributed by atoms with Crippen LogP contribution in [0, 0.1) is 0 Å². The van der Waals surface area contributed by atoms with Crippen LogP contribution in [0.4, 0.5) is 5.69 Å². The van der Waals surface area contributed by atoms with E-state index in [1.807, 2.05) is 31.2 Å². The van der Waals surface area contributed by atoms with E-state index >= 15 is 0 Å². The molecule has 2 N–H and O–H groups in total. The van der Waals surface area contributed by atoms with Gasteiger partial charge in [0.1, 0.15) is 5.75 Å². The number of ether oxygens (including phenoxy) is 1. The molecule has 1 unspecified atom stereocenters. The molecule has 19 heavy (non-hydrogen) atoms. The number of nitrogens with one attached hydrogen (secondary N) is 1. The third-order valence-corrected chi connectivity index (χ3v) is 3.14. The van der Waals surface area contributed by atoms with Crippen LogP contribution in [0.3, 0.4) is 0 Å². The number of methoxy groups -OCH3 is 1. The summed E-state index contributed by atoms with van der Waals surface area (Å²) in [7, 11) is 1.62. The van der Waals surface area contributed by atoms with Gasteiger partial charge in [0, 0.05) is 17.3 Å². The van der Waals surface area contributed by atoms with Crippen molar-refractivity contribution in [2.45, 2.75) is 45.1 Å². The fraction of sp³-hybridized carbons (Fsp3) is 0.533. The van der Waals surface area contributed by atoms with Crippen molar-refractivity contribution < 1.29 is 14.6 Å². The molecule has 4 nitrogen and oxygen atoms in total. The number of benzene rings is 1. The van der Waals surface area contributed by atoms with Crippen LogP contribution < -0.4 is 10.1 Å². The molecule has 0 amide bonds. The minimum absolute atomic E-state index is 0.101. The van der Waals surface area contributed by atoms with E-state index in [1.165, 1.54) is 0 Å². The van der Waals surface area contributed by atoms with Crippen LogP contribution in [-0.4, -0.2) is 23.7 Å². The molecule has 0 spiro atoms. The molecule has 1 rings (SSSR count). The van der Waals surface area contributed by atoms with Crippen molar-refractivity contribution in [1.29, 1.82) is 0 Å². The Labute approximate surface area is 114 Å². The molecule has 0 radical (unpaired) electrons. The first-order chi connectivity index (χ1) is 8.99. The summed E-state index contributed by atoms with van der Waals surface area (Å²) in [5.74, 6) is -0.0211. The van der Waals surface area contributed by atoms with Gasteiger partial charge in [-0.1, -0.05) is 25.8 Å². The van der Waals surface area contributed by atoms with E-state index in [9.17, 15) is 4.79 Å². The van der Waals surface area contributed by atoms with E-state index in [-0.39, 0.29) is 6.42 Å². The molecule has 0 saturated carbocycles. The second-order valence-electron chi connectivity index (χ2n) is 5.09. The summed E-state index contributed by atoms with van der Waals surface area (Å²) in [6, 6.07) is 7.56. The lowest BCUT2D eigenvalue weighted by Gasteiger charge is -2.30. The number of unbranched alkanes of at least 4 members (excludes halogenated alkanes) is 1. The summed E-state index contributed by atoms with van der Waals surface area (Å²) in [6.45, 7) is 4.06. The number of aliphatic carboxylic acids is 1. The highest BCUT2D eigenvalue weighted by atomic mass is 16.5. The molecule has 106 valence electrons. The molecule has 4 heteroatoms. The molecule has 0 aromatic heterocycles. The van der Waals surface area contributed by atoms with Gasteiger partial charge >= 0.3 is 5.97 Å². The van der Waals surface area contributed by atoms with Crippen molar-refractivity contribution in [1.82, 2.24) is 0 Å². The molecule has 0 aliphatic heterocycles. The van der Waals surface area contributed by atoms with Gasteiger partial charge in [0.05, 0.1) is 13.5 Å². The Hall–Kier alpha value is -1.71. The lowest BCUT2D eigenvalue weighted by Crippen LogP contribution is -2.37. The Kier molecular flexibility index (Phi) is 5.67. The molecular weight excluding hydrogens is 242 g/mol. The minimum atomic E-state index is -0.783. The number of rotatable bonds is 8. The number of carboxylic acid groups (broad SMARTS) is 1. The quantitative estimate of drug-likeness (QED) is 0.755. The summed E-state index contributed by atoms with van der Waals surface area (Å²) in [6.07, 6.45) is 2.98. The van der Waals surface area contributed by atoms with Gasteiger partial charge in [-0.15, -0.1) is 0 Å². The number of carbonyl (C=O) groups is 1. The Morgan fingerprint density at radius 2 is 2.21 bits per heavy atom. The lowest BCUT2D eigenvalue weighted by atomic mass is 9.90. The van der Waals surface area contributed by atoms with Gasteiger partial charge < -0.3 is 15.2 Å². The highest BCUT2D eigenvalue weighted by Crippen LogP contribution is 2.26. The van der Waals surface area contributed by atoms with Crippen molar-refractivity contribution in [3.8, 4) is 5.75 Å². The summed E-state index contributed by atoms with van der Waals surface area (Å²) in [5.41, 5.74) is 0.452. The molecule has 1 aromatic rings. The largest absolute Gasteiger partial charge is 0.497 e. The molecule has 1 atom stereocenters. The molecule has 0 heterocycles. The van der Waals surface area contributed by atoms with Crippen molar-refractivity contribution in [2.24, 2.45) is 0 Å². The Morgan fingerprint density at radius 1 is 1.47 bits per heavy atom. The van der Waals surface area contributed by atoms with Crippen LogP contribution in [-0.2, 0) is 4.79 Å². The Morgan fingerprint density at radius 3 is 2.79 bits per heavy atom. The summed E-state index contributed by atoms with van der Waals surface area (Å²) >= 11 is 0. The standard InChI is InChI=1S/C15H23NO3/c1-4-5-9-15(2,11-14(17)18)16-12-7-6-8-13(10-12)19-3/h6-8,10,16H,4-5,9,11H2,1-3H3,(H,17,18). The van der Waals surface area contributed by atoms with E-state index in [0.29, 0.717) is 0 Å². The molecule has 1 aromatic carbocycles. The van der Waals surface area contributed by atoms with Crippen LogP contribution in [0.1, 0.15) is 39.5 Å². The van der Waals surface area contributed by atoms with Crippen molar-refractivity contribution in [3.05, 3.63) is 24.3 Å². The predicted molar refractivity (Wildman–Crippen MR) is 76.8 cm³/mol. The lowest BCUT2D eigenvalue weighted by molar-refractivity contribution is -0.138. The number of hydrogen-bond donors (Lipinski definition) is 2. The topological polar surface area (TPSA) is 58.6 Å². The second kappa shape index (κ2) is 7.02. The number of hydrogen-bond acceptors (Lipinski definition) is 3. The summed E-state index contributed by atoms with van der Waals surface area (Å²) in [4.78, 5) is 11.0. The summed E-state index contributed by atoms with van der Waals surface area (Å²) < 4.78 is 5.18. The minimum Gasteiger partial charge on any atom is -0.497 e. The van der Waals surface area contributed by atoms with E-state index in [1.54, 1.807) is 7.11 Å². The van der Waals surface area contributed by atoms with E-state index in [0.717, 1.165) is 30.7 Å². The monoisotopic (exact) mass is 265 g/mol. The molecule has 0 aliphatic rings. The number of anilines is 1. The molecule has 0 aliphatic carbocycles. The van der Waals surface area contributed by atoms with E-state index < -0.39 is 11.5 Å². The van der Waals surface area contributed by atoms with Gasteiger partial charge in [-0.25, -0.2) is 0 Å². The highest BCUT2D eigenvalue weighted by molar-refractivity contribution is 5.69. The highest BCUT2D eigenvalue weighted by Gasteiger charge is 2.26. The zero-order chi connectivity index (χ0) is 14.3. The SMILES string of the molecule is CCCCC(C)(CC(=O)O)Nc1cccc(OC)c1. The number of carboxylic acids is 1. The van der Waals surface area contributed by atoms with Gasteiger partial charge in [0.15, 0.2) is 0 Å². The van der Waals surface area contributed by atoms with Crippen LogP contribution in [0.25, 0.3) is 0 Å². The van der Waals surface area contributed by atoms with Gasteiger partial charge in [0.2, 0.25) is 0 Å². The van der Waals surface area contributed by atoms with Gasteiger partial charge in [0.25, 0.3) is 0 Å². The average Bonchev–Trinajstić information content (AvgIpc) is 2.35. The van der Waals surface area contributed by atoms with Gasteiger partial charge in [-0.05, 0) is 25.5 Å². The maximum Gasteiger partial charge on any atom is 0.305 e. The zero-order valence-corrected chi connectivity index (χ0v) is 11.9. The van der Waals surface area contributed by atoms with E-state index in [2.05, 4.69) is 12.2 Å². The van der Waals surface area contributed by atoms with Crippen LogP contribution >= 0.6 is 0 Å². The van der Waals surface area contributed by atoms with Crippen molar-refractivity contribution >= 4 is 11.7 Å². The maximum atomic E-state index is 11.0. The van der Waals surface area contributed by atoms with Crippen molar-refractivity contribution in [3.63, 3.8) is 0 Å². The zero-order valence-electron chi connectivity index (χ0n) is 11.9. The summed E-state index contributed by atoms with van der Waals surface area (Å²) in [5, 5.41) is 12.4. The first-order valence-electron chi connectivity index (χ1n) is 6.63.